The zero-order chi connectivity index (χ0) is 6.73. The lowest BCUT2D eigenvalue weighted by molar-refractivity contribution is 0.418. The number of halogens is 1. The minimum absolute atomic E-state index is 0.355. The van der Waals surface area contributed by atoms with Crippen molar-refractivity contribution in [3.05, 3.63) is 23.6 Å². The Morgan fingerprint density at radius 1 is 1.62 bits per heavy atom. The van der Waals surface area contributed by atoms with Crippen molar-refractivity contribution in [2.75, 3.05) is 0 Å². The van der Waals surface area contributed by atoms with Crippen LogP contribution in [0.4, 0.5) is 4.39 Å². The summed E-state index contributed by atoms with van der Waals surface area (Å²) >= 11 is 3.80. The summed E-state index contributed by atoms with van der Waals surface area (Å²) < 4.78 is 12.1. The average Bonchev–Trinajstić information content (AvgIpc) is 1.64. The van der Waals surface area contributed by atoms with Gasteiger partial charge in [-0.2, -0.15) is 0 Å². The number of hydrogen-bond acceptors (Lipinski definition) is 1. The van der Waals surface area contributed by atoms with Gasteiger partial charge in [0, 0.05) is 4.91 Å². The molecule has 0 aromatic heterocycles. The molecule has 46 valence electrons. The molecule has 0 N–H and O–H groups in total. The van der Waals surface area contributed by atoms with Gasteiger partial charge in [0.25, 0.3) is 0 Å². The van der Waals surface area contributed by atoms with E-state index in [1.54, 1.807) is 0 Å². The van der Waals surface area contributed by atoms with Crippen molar-refractivity contribution in [3.8, 4) is 0 Å². The van der Waals surface area contributed by atoms with E-state index in [4.69, 9.17) is 0 Å². The van der Waals surface area contributed by atoms with Crippen LogP contribution in [0.5, 0.6) is 0 Å². The lowest BCUT2D eigenvalue weighted by Gasteiger charge is -2.02. The summed E-state index contributed by atoms with van der Waals surface area (Å²) in [5.74, 6) is 0. The maximum absolute atomic E-state index is 12.1. The van der Waals surface area contributed by atoms with Crippen molar-refractivity contribution in [1.82, 2.24) is 0 Å². The second kappa shape index (κ2) is 2.92. The molecule has 0 aromatic carbocycles. The van der Waals surface area contributed by atoms with Crippen LogP contribution < -0.4 is 0 Å². The van der Waals surface area contributed by atoms with Crippen molar-refractivity contribution in [2.45, 2.75) is 13.1 Å². The summed E-state index contributed by atoms with van der Waals surface area (Å²) in [4.78, 5) is 0.417. The van der Waals surface area contributed by atoms with Crippen LogP contribution in [0.3, 0.4) is 0 Å². The molecule has 0 aliphatic carbocycles. The van der Waals surface area contributed by atoms with Gasteiger partial charge in [0.2, 0.25) is 0 Å². The summed E-state index contributed by atoms with van der Waals surface area (Å²) in [6, 6.07) is 0. The first-order valence-electron chi connectivity index (χ1n) is 2.26. The highest BCUT2D eigenvalue weighted by atomic mass is 32.1. The van der Waals surface area contributed by atoms with Crippen molar-refractivity contribution in [3.63, 3.8) is 0 Å². The number of thiol groups is 1. The first kappa shape index (κ1) is 7.76. The summed E-state index contributed by atoms with van der Waals surface area (Å²) in [6.07, 6.45) is -1.03. The Kier molecular flexibility index (Phi) is 2.84. The summed E-state index contributed by atoms with van der Waals surface area (Å²) in [7, 11) is 0. The molecule has 0 rings (SSSR count). The zero-order valence-corrected chi connectivity index (χ0v) is 5.71. The summed E-state index contributed by atoms with van der Waals surface area (Å²) in [5.41, 5.74) is 0.355. The highest BCUT2D eigenvalue weighted by Gasteiger charge is 2.02. The molecule has 0 amide bonds. The van der Waals surface area contributed by atoms with Crippen molar-refractivity contribution >= 4 is 12.6 Å². The second-order valence-electron chi connectivity index (χ2n) is 1.59. The average molecular weight is 132 g/mol. The van der Waals surface area contributed by atoms with E-state index >= 15 is 0 Å². The van der Waals surface area contributed by atoms with Crippen LogP contribution in [0.1, 0.15) is 6.92 Å². The minimum Gasteiger partial charge on any atom is -0.243 e. The highest BCUT2D eigenvalue weighted by Crippen LogP contribution is 2.14. The molecule has 0 heterocycles. The topological polar surface area (TPSA) is 0 Å². The van der Waals surface area contributed by atoms with E-state index in [1.807, 2.05) is 0 Å². The van der Waals surface area contributed by atoms with Gasteiger partial charge in [-0.05, 0) is 12.5 Å². The zero-order valence-electron chi connectivity index (χ0n) is 4.82. The van der Waals surface area contributed by atoms with Gasteiger partial charge in [0.1, 0.15) is 6.17 Å². The number of alkyl halides is 1. The molecule has 0 spiro atoms. The molecule has 0 saturated heterocycles. The van der Waals surface area contributed by atoms with E-state index in [1.165, 1.54) is 6.92 Å². The molecule has 0 saturated carbocycles. The number of rotatable bonds is 2. The predicted octanol–water partition coefficient (Wildman–Crippen LogP) is 2.34. The highest BCUT2D eigenvalue weighted by molar-refractivity contribution is 7.84. The van der Waals surface area contributed by atoms with Crippen LogP contribution in [-0.2, 0) is 0 Å². The first-order chi connectivity index (χ1) is 3.55. The van der Waals surface area contributed by atoms with Crippen LogP contribution in [0.25, 0.3) is 0 Å². The summed E-state index contributed by atoms with van der Waals surface area (Å²) in [5, 5.41) is 0. The molecule has 0 nitrogen and oxygen atoms in total. The molecular weight excluding hydrogens is 123 g/mol. The molecule has 1 unspecified atom stereocenters. The first-order valence-corrected chi connectivity index (χ1v) is 2.71. The molecule has 8 heavy (non-hydrogen) atoms. The van der Waals surface area contributed by atoms with Gasteiger partial charge < -0.3 is 0 Å². The normalized spacial score (nSPS) is 12.9. The van der Waals surface area contributed by atoms with Crippen molar-refractivity contribution in [2.24, 2.45) is 0 Å². The van der Waals surface area contributed by atoms with E-state index in [0.717, 1.165) is 0 Å². The Labute approximate surface area is 54.5 Å². The van der Waals surface area contributed by atoms with Crippen molar-refractivity contribution in [1.29, 1.82) is 0 Å². The number of allylic oxidation sites excluding steroid dienone is 1. The van der Waals surface area contributed by atoms with Gasteiger partial charge >= 0.3 is 0 Å². The standard InChI is InChI=1S/C6H9FS/c1-4(5(2)7)6(3)8/h5,8H,1,3H2,2H3. The van der Waals surface area contributed by atoms with E-state index in [0.29, 0.717) is 10.5 Å². The molecule has 2 heteroatoms. The molecular formula is C6H9FS. The van der Waals surface area contributed by atoms with E-state index in [2.05, 4.69) is 25.8 Å². The maximum atomic E-state index is 12.1. The molecule has 1 atom stereocenters. The van der Waals surface area contributed by atoms with Gasteiger partial charge in [-0.15, -0.1) is 12.6 Å². The van der Waals surface area contributed by atoms with E-state index in [-0.39, 0.29) is 0 Å². The smallest absolute Gasteiger partial charge is 0.123 e. The lowest BCUT2D eigenvalue weighted by Crippen LogP contribution is -1.95. The van der Waals surface area contributed by atoms with Gasteiger partial charge in [-0.3, -0.25) is 0 Å². The fourth-order valence-corrected chi connectivity index (χ4v) is 0.407. The molecule has 0 aliphatic rings. The van der Waals surface area contributed by atoms with Gasteiger partial charge in [-0.1, -0.05) is 13.2 Å². The SMILES string of the molecule is C=C(S)C(=C)C(C)F. The van der Waals surface area contributed by atoms with Crippen LogP contribution in [-0.4, -0.2) is 6.17 Å². The Balaban J connectivity index is 3.84. The molecule has 0 aromatic rings. The van der Waals surface area contributed by atoms with Crippen molar-refractivity contribution < 1.29 is 4.39 Å². The quantitative estimate of drug-likeness (QED) is 0.432. The van der Waals surface area contributed by atoms with Gasteiger partial charge in [-0.25, -0.2) is 4.39 Å². The van der Waals surface area contributed by atoms with Crippen LogP contribution in [0, 0.1) is 0 Å². The van der Waals surface area contributed by atoms with Gasteiger partial charge in [0.15, 0.2) is 0 Å². The monoisotopic (exact) mass is 132 g/mol. The van der Waals surface area contributed by atoms with E-state index < -0.39 is 6.17 Å². The molecule has 0 aliphatic heterocycles. The predicted molar refractivity (Wildman–Crippen MR) is 37.8 cm³/mol. The Hall–Kier alpha value is -0.240. The van der Waals surface area contributed by atoms with Crippen LogP contribution in [0.2, 0.25) is 0 Å². The van der Waals surface area contributed by atoms with Crippen LogP contribution in [0.15, 0.2) is 23.6 Å². The largest absolute Gasteiger partial charge is 0.243 e. The van der Waals surface area contributed by atoms with Crippen LogP contribution >= 0.6 is 12.6 Å². The summed E-state index contributed by atoms with van der Waals surface area (Å²) in [6.45, 7) is 8.21. The van der Waals surface area contributed by atoms with E-state index in [9.17, 15) is 4.39 Å². The number of hydrogen-bond donors (Lipinski definition) is 1. The minimum atomic E-state index is -1.03. The third kappa shape index (κ3) is 2.17. The Morgan fingerprint density at radius 2 is 2.00 bits per heavy atom. The fraction of sp³-hybridized carbons (Fsp3) is 0.333. The fourth-order valence-electron chi connectivity index (χ4n) is 0.230. The molecule has 0 radical (unpaired) electrons. The molecule has 0 bridgehead atoms. The third-order valence-electron chi connectivity index (χ3n) is 0.851. The van der Waals surface area contributed by atoms with Gasteiger partial charge in [0.05, 0.1) is 0 Å². The second-order valence-corrected chi connectivity index (χ2v) is 2.13. The maximum Gasteiger partial charge on any atom is 0.123 e. The Bertz CT molecular complexity index is 116. The third-order valence-corrected chi connectivity index (χ3v) is 1.14. The Morgan fingerprint density at radius 3 is 2.00 bits per heavy atom. The molecule has 0 fully saturated rings. The lowest BCUT2D eigenvalue weighted by atomic mass is 10.2.